The average molecular weight is 815 g/mol. The summed E-state index contributed by atoms with van der Waals surface area (Å²) in [6.45, 7) is 8.97. The molecule has 326 valence electrons. The number of carboxylic acid groups (broad SMARTS) is 2. The van der Waals surface area contributed by atoms with Crippen LogP contribution in [0.1, 0.15) is 105 Å². The minimum atomic E-state index is -1.58. The second-order valence-corrected chi connectivity index (χ2v) is 14.6. The van der Waals surface area contributed by atoms with Crippen molar-refractivity contribution in [2.45, 2.75) is 148 Å². The fraction of sp³-hybridized carbons (Fsp3) is 0.750. The summed E-state index contributed by atoms with van der Waals surface area (Å²) in [6.07, 6.45) is 1.07. The highest BCUT2D eigenvalue weighted by Crippen LogP contribution is 2.12. The first-order valence-electron chi connectivity index (χ1n) is 19.4. The highest BCUT2D eigenvalue weighted by atomic mass is 16.4. The van der Waals surface area contributed by atoms with Gasteiger partial charge in [0.15, 0.2) is 0 Å². The van der Waals surface area contributed by atoms with E-state index >= 15 is 0 Å². The van der Waals surface area contributed by atoms with Gasteiger partial charge in [-0.1, -0.05) is 34.1 Å². The molecule has 0 radical (unpaired) electrons. The van der Waals surface area contributed by atoms with E-state index in [1.165, 1.54) is 6.92 Å². The lowest BCUT2D eigenvalue weighted by Crippen LogP contribution is -2.60. The Morgan fingerprint density at radius 1 is 0.579 bits per heavy atom. The van der Waals surface area contributed by atoms with Crippen molar-refractivity contribution < 1.29 is 53.4 Å². The standard InChI is InChI=1S/C36H66N10O11/c1-6-20(4)29(35(55)41-21(5)30(50)42-24(13-14-27(40)47)32(52)44-25(36(56)57)12-8-10-16-38)46-33(53)23(11-7-9-15-37)43-34(54)26(18-28(48)49)45-31(51)22(39)17-19(2)3/h19-26,29H,6-18,37-39H2,1-5H3,(H2,40,47)(H,41,55)(H,42,50)(H,43,54)(H,44,52)(H,45,51)(H,46,53)(H,48,49)(H,56,57)/t20-,21-,22-,23-,24-,25-,26-,29-/m0/s1. The first kappa shape index (κ1) is 52.1. The summed E-state index contributed by atoms with van der Waals surface area (Å²) in [4.78, 5) is 115. The van der Waals surface area contributed by atoms with Gasteiger partial charge in [-0.3, -0.25) is 38.4 Å². The van der Waals surface area contributed by atoms with Gasteiger partial charge in [0.05, 0.1) is 12.5 Å². The lowest BCUT2D eigenvalue weighted by Gasteiger charge is -2.29. The maximum Gasteiger partial charge on any atom is 0.326 e. The number of unbranched alkanes of at least 4 members (excludes halogenated alkanes) is 2. The molecule has 16 N–H and O–H groups in total. The molecule has 0 saturated heterocycles. The summed E-state index contributed by atoms with van der Waals surface area (Å²) in [5, 5.41) is 33.8. The number of primary amides is 1. The molecule has 21 heteroatoms. The van der Waals surface area contributed by atoms with Crippen molar-refractivity contribution in [3.05, 3.63) is 0 Å². The number of amides is 7. The maximum atomic E-state index is 13.7. The lowest BCUT2D eigenvalue weighted by molar-refractivity contribution is -0.142. The summed E-state index contributed by atoms with van der Waals surface area (Å²) in [5.41, 5.74) is 22.3. The van der Waals surface area contributed by atoms with E-state index in [9.17, 15) is 53.4 Å². The van der Waals surface area contributed by atoms with Crippen molar-refractivity contribution in [3.8, 4) is 0 Å². The van der Waals surface area contributed by atoms with Gasteiger partial charge in [0.25, 0.3) is 0 Å². The number of carboxylic acids is 2. The third-order valence-corrected chi connectivity index (χ3v) is 9.07. The third kappa shape index (κ3) is 21.3. The van der Waals surface area contributed by atoms with Gasteiger partial charge in [0, 0.05) is 6.42 Å². The van der Waals surface area contributed by atoms with Gasteiger partial charge in [-0.15, -0.1) is 0 Å². The largest absolute Gasteiger partial charge is 0.481 e. The molecule has 0 aliphatic rings. The molecule has 0 aromatic heterocycles. The van der Waals surface area contributed by atoms with E-state index in [0.717, 1.165) is 0 Å². The van der Waals surface area contributed by atoms with Gasteiger partial charge in [-0.2, -0.15) is 0 Å². The molecule has 0 fully saturated rings. The van der Waals surface area contributed by atoms with Crippen molar-refractivity contribution in [1.82, 2.24) is 31.9 Å². The zero-order valence-corrected chi connectivity index (χ0v) is 33.8. The van der Waals surface area contributed by atoms with Crippen LogP contribution in [0.25, 0.3) is 0 Å². The van der Waals surface area contributed by atoms with Crippen LogP contribution < -0.4 is 54.8 Å². The Hall–Kier alpha value is -4.89. The number of aliphatic carboxylic acids is 2. The van der Waals surface area contributed by atoms with Gasteiger partial charge in [0.1, 0.15) is 36.3 Å². The van der Waals surface area contributed by atoms with E-state index in [-0.39, 0.29) is 44.6 Å². The normalized spacial score (nSPS) is 15.3. The number of hydrogen-bond acceptors (Lipinski definition) is 12. The number of carbonyl (C=O) groups excluding carboxylic acids is 7. The first-order chi connectivity index (χ1) is 26.7. The Balaban J connectivity index is 6.11. The highest BCUT2D eigenvalue weighted by molar-refractivity contribution is 5.97. The van der Waals surface area contributed by atoms with Gasteiger partial charge >= 0.3 is 11.9 Å². The maximum absolute atomic E-state index is 13.7. The van der Waals surface area contributed by atoms with E-state index in [1.54, 1.807) is 13.8 Å². The Kier molecular flexibility index (Phi) is 25.3. The van der Waals surface area contributed by atoms with Gasteiger partial charge in [-0.05, 0) is 83.2 Å². The molecule has 0 spiro atoms. The monoisotopic (exact) mass is 814 g/mol. The quantitative estimate of drug-likeness (QED) is 0.0332. The highest BCUT2D eigenvalue weighted by Gasteiger charge is 2.34. The summed E-state index contributed by atoms with van der Waals surface area (Å²) >= 11 is 0. The fourth-order valence-electron chi connectivity index (χ4n) is 5.51. The Labute approximate surface area is 333 Å². The molecule has 57 heavy (non-hydrogen) atoms. The minimum absolute atomic E-state index is 0.0353. The van der Waals surface area contributed by atoms with E-state index in [1.807, 2.05) is 13.8 Å². The predicted octanol–water partition coefficient (Wildman–Crippen LogP) is -2.58. The molecule has 8 atom stereocenters. The lowest BCUT2D eigenvalue weighted by atomic mass is 9.97. The molecule has 0 bridgehead atoms. The molecule has 0 heterocycles. The predicted molar refractivity (Wildman–Crippen MR) is 208 cm³/mol. The van der Waals surface area contributed by atoms with Crippen LogP contribution in [0.2, 0.25) is 0 Å². The average Bonchev–Trinajstić information content (AvgIpc) is 3.12. The van der Waals surface area contributed by atoms with E-state index < -0.39 is 108 Å². The molecule has 0 unspecified atom stereocenters. The number of nitrogens with one attached hydrogen (secondary N) is 6. The summed E-state index contributed by atoms with van der Waals surface area (Å²) in [7, 11) is 0. The van der Waals surface area contributed by atoms with Crippen molar-refractivity contribution in [1.29, 1.82) is 0 Å². The molecule has 0 aliphatic carbocycles. The van der Waals surface area contributed by atoms with Crippen molar-refractivity contribution in [3.63, 3.8) is 0 Å². The number of rotatable bonds is 30. The van der Waals surface area contributed by atoms with Crippen LogP contribution in [-0.2, 0) is 43.2 Å². The van der Waals surface area contributed by atoms with Crippen LogP contribution >= 0.6 is 0 Å². The Morgan fingerprint density at radius 3 is 1.54 bits per heavy atom. The van der Waals surface area contributed by atoms with Gasteiger partial charge < -0.3 is 65.0 Å². The van der Waals surface area contributed by atoms with E-state index in [0.29, 0.717) is 38.6 Å². The molecule has 0 saturated carbocycles. The number of carbonyl (C=O) groups is 9. The Morgan fingerprint density at radius 2 is 1.05 bits per heavy atom. The topological polar surface area (TPSA) is 370 Å². The number of hydrogen-bond donors (Lipinski definition) is 12. The van der Waals surface area contributed by atoms with Gasteiger partial charge in [0.2, 0.25) is 41.4 Å². The third-order valence-electron chi connectivity index (χ3n) is 9.07. The van der Waals surface area contributed by atoms with Gasteiger partial charge in [-0.25, -0.2) is 4.79 Å². The zero-order chi connectivity index (χ0) is 43.8. The minimum Gasteiger partial charge on any atom is -0.481 e. The SMILES string of the molecule is CC[C@H](C)[C@H](NC(=O)[C@H](CCCCN)NC(=O)[C@H](CC(=O)O)NC(=O)[C@@H](N)CC(C)C)C(=O)N[C@@H](C)C(=O)N[C@@H](CCC(N)=O)C(=O)N[C@@H](CCCCN)C(=O)O. The number of nitrogens with two attached hydrogens (primary N) is 4. The van der Waals surface area contributed by atoms with Crippen LogP contribution in [0, 0.1) is 11.8 Å². The smallest absolute Gasteiger partial charge is 0.326 e. The fourth-order valence-corrected chi connectivity index (χ4v) is 5.51. The van der Waals surface area contributed by atoms with Crippen LogP contribution in [0.3, 0.4) is 0 Å². The molecule has 0 aromatic carbocycles. The Bertz CT molecular complexity index is 1370. The first-order valence-corrected chi connectivity index (χ1v) is 19.4. The van der Waals surface area contributed by atoms with Crippen LogP contribution in [0.5, 0.6) is 0 Å². The second-order valence-electron chi connectivity index (χ2n) is 14.6. The van der Waals surface area contributed by atoms with E-state index in [2.05, 4.69) is 31.9 Å². The zero-order valence-electron chi connectivity index (χ0n) is 33.8. The summed E-state index contributed by atoms with van der Waals surface area (Å²) in [5.74, 6) is -9.06. The second kappa shape index (κ2) is 27.7. The molecular weight excluding hydrogens is 748 g/mol. The molecule has 7 amide bonds. The molecule has 0 rings (SSSR count). The molecule has 0 aliphatic heterocycles. The van der Waals surface area contributed by atoms with Crippen molar-refractivity contribution in [2.24, 2.45) is 34.8 Å². The van der Waals surface area contributed by atoms with E-state index in [4.69, 9.17) is 22.9 Å². The van der Waals surface area contributed by atoms with Crippen LogP contribution in [0.4, 0.5) is 0 Å². The van der Waals surface area contributed by atoms with Crippen LogP contribution in [0.15, 0.2) is 0 Å². The molecule has 21 nitrogen and oxygen atoms in total. The van der Waals surface area contributed by atoms with Crippen LogP contribution in [-0.4, -0.2) is 119 Å². The van der Waals surface area contributed by atoms with Crippen molar-refractivity contribution in [2.75, 3.05) is 13.1 Å². The van der Waals surface area contributed by atoms with Crippen molar-refractivity contribution >= 4 is 53.3 Å². The molecule has 0 aromatic rings. The summed E-state index contributed by atoms with van der Waals surface area (Å²) < 4.78 is 0. The molecular formula is C36H66N10O11. The summed E-state index contributed by atoms with van der Waals surface area (Å²) in [6, 6.07) is -9.16.